The highest BCUT2D eigenvalue weighted by Gasteiger charge is 2.47. The summed E-state index contributed by atoms with van der Waals surface area (Å²) in [4.78, 5) is 24.1. The maximum Gasteiger partial charge on any atom is 0.241 e. The second-order valence-electron chi connectivity index (χ2n) is 4.74. The van der Waals surface area contributed by atoms with Crippen molar-refractivity contribution in [3.63, 3.8) is 0 Å². The molecule has 0 aromatic rings. The van der Waals surface area contributed by atoms with Crippen LogP contribution in [0.15, 0.2) is 0 Å². The lowest BCUT2D eigenvalue weighted by Gasteiger charge is -2.34. The number of thiocarbonyl (C=S) groups is 1. The van der Waals surface area contributed by atoms with Gasteiger partial charge in [-0.3, -0.25) is 9.59 Å². The molecule has 0 aromatic carbocycles. The van der Waals surface area contributed by atoms with Gasteiger partial charge in [-0.15, -0.1) is 0 Å². The highest BCUT2D eigenvalue weighted by Crippen LogP contribution is 2.31. The third-order valence-electron chi connectivity index (χ3n) is 3.46. The van der Waals surface area contributed by atoms with Crippen molar-refractivity contribution in [1.82, 2.24) is 10.6 Å². The van der Waals surface area contributed by atoms with E-state index in [-0.39, 0.29) is 16.9 Å². The minimum atomic E-state index is -0.937. The Bertz CT molecular complexity index is 339. The Hall–Kier alpha value is -0.620. The number of carbonyl (C=O) groups is 2. The van der Waals surface area contributed by atoms with Crippen molar-refractivity contribution in [3.8, 4) is 0 Å². The average molecular weight is 302 g/mol. The number of carbonyl (C=O) groups excluding carboxylic acids is 2. The molecule has 0 saturated carbocycles. The Kier molecular flexibility index (Phi) is 6.79. The Labute approximate surface area is 124 Å². The number of hydrogen-bond acceptors (Lipinski definition) is 4. The molecular weight excluding hydrogens is 280 g/mol. The molecule has 0 aromatic heterocycles. The normalized spacial score (nSPS) is 18.1. The van der Waals surface area contributed by atoms with Crippen LogP contribution in [0.25, 0.3) is 0 Å². The highest BCUT2D eigenvalue weighted by molar-refractivity contribution is 7.99. The minimum absolute atomic E-state index is 0.122. The maximum absolute atomic E-state index is 12.1. The van der Waals surface area contributed by atoms with E-state index < -0.39 is 5.41 Å². The standard InChI is InChI=1S/C13H22N2O2S2/c1-3-5-8-19-9-6-7-13(4-2)10(16)14-12(18)15-11(13)17/h3-9H2,1-2H3,(H2,14,15,16,17,18). The molecule has 1 aliphatic rings. The molecule has 0 radical (unpaired) electrons. The van der Waals surface area contributed by atoms with Gasteiger partial charge >= 0.3 is 0 Å². The molecule has 108 valence electrons. The highest BCUT2D eigenvalue weighted by atomic mass is 32.2. The molecule has 1 heterocycles. The number of unbranched alkanes of at least 4 members (excludes halogenated alkanes) is 1. The molecule has 1 rings (SSSR count). The van der Waals surface area contributed by atoms with E-state index >= 15 is 0 Å². The summed E-state index contributed by atoms with van der Waals surface area (Å²) in [7, 11) is 0. The number of amides is 2. The van der Waals surface area contributed by atoms with Gasteiger partial charge in [0.15, 0.2) is 5.11 Å². The summed E-state index contributed by atoms with van der Waals surface area (Å²) >= 11 is 6.71. The van der Waals surface area contributed by atoms with Crippen molar-refractivity contribution in [1.29, 1.82) is 0 Å². The van der Waals surface area contributed by atoms with Gasteiger partial charge in [0.05, 0.1) is 0 Å². The maximum atomic E-state index is 12.1. The van der Waals surface area contributed by atoms with E-state index in [4.69, 9.17) is 12.2 Å². The van der Waals surface area contributed by atoms with Gasteiger partial charge in [0.2, 0.25) is 11.8 Å². The van der Waals surface area contributed by atoms with Gasteiger partial charge in [0.1, 0.15) is 5.41 Å². The largest absolute Gasteiger partial charge is 0.302 e. The summed E-state index contributed by atoms with van der Waals surface area (Å²) < 4.78 is 0. The van der Waals surface area contributed by atoms with Gasteiger partial charge in [-0.1, -0.05) is 20.3 Å². The van der Waals surface area contributed by atoms with E-state index in [2.05, 4.69) is 17.6 Å². The lowest BCUT2D eigenvalue weighted by molar-refractivity contribution is -0.144. The summed E-state index contributed by atoms with van der Waals surface area (Å²) in [6, 6.07) is 0. The summed E-state index contributed by atoms with van der Waals surface area (Å²) in [5.74, 6) is 1.65. The molecule has 0 aliphatic carbocycles. The minimum Gasteiger partial charge on any atom is -0.302 e. The number of thioether (sulfide) groups is 1. The third kappa shape index (κ3) is 4.18. The van der Waals surface area contributed by atoms with E-state index in [0.717, 1.165) is 17.9 Å². The quantitative estimate of drug-likeness (QED) is 0.410. The zero-order chi connectivity index (χ0) is 14.3. The van der Waals surface area contributed by atoms with Crippen molar-refractivity contribution in [2.45, 2.75) is 46.0 Å². The molecule has 0 spiro atoms. The first-order chi connectivity index (χ1) is 9.06. The molecular formula is C13H22N2O2S2. The van der Waals surface area contributed by atoms with Crippen molar-refractivity contribution in [2.75, 3.05) is 11.5 Å². The Morgan fingerprint density at radius 1 is 1.11 bits per heavy atom. The zero-order valence-corrected chi connectivity index (χ0v) is 13.2. The molecule has 1 saturated heterocycles. The molecule has 4 nitrogen and oxygen atoms in total. The lowest BCUT2D eigenvalue weighted by Crippen LogP contribution is -2.62. The predicted octanol–water partition coefficient (Wildman–Crippen LogP) is 2.23. The van der Waals surface area contributed by atoms with Crippen LogP contribution in [-0.2, 0) is 9.59 Å². The topological polar surface area (TPSA) is 58.2 Å². The van der Waals surface area contributed by atoms with Gasteiger partial charge in [0.25, 0.3) is 0 Å². The Morgan fingerprint density at radius 2 is 1.68 bits per heavy atom. The van der Waals surface area contributed by atoms with Crippen LogP contribution in [0, 0.1) is 5.41 Å². The van der Waals surface area contributed by atoms with Crippen LogP contribution in [0.4, 0.5) is 0 Å². The van der Waals surface area contributed by atoms with Crippen molar-refractivity contribution in [2.24, 2.45) is 5.41 Å². The fourth-order valence-corrected chi connectivity index (χ4v) is 3.36. The molecule has 0 unspecified atom stereocenters. The summed E-state index contributed by atoms with van der Waals surface area (Å²) in [6.45, 7) is 4.05. The van der Waals surface area contributed by atoms with Crippen LogP contribution in [0.3, 0.4) is 0 Å². The number of hydrogen-bond donors (Lipinski definition) is 2. The first kappa shape index (κ1) is 16.4. The smallest absolute Gasteiger partial charge is 0.241 e. The van der Waals surface area contributed by atoms with Crippen LogP contribution < -0.4 is 10.6 Å². The Morgan fingerprint density at radius 3 is 2.21 bits per heavy atom. The van der Waals surface area contributed by atoms with Crippen molar-refractivity contribution < 1.29 is 9.59 Å². The van der Waals surface area contributed by atoms with Crippen LogP contribution in [0.2, 0.25) is 0 Å². The molecule has 6 heteroatoms. The third-order valence-corrected chi connectivity index (χ3v) is 4.82. The van der Waals surface area contributed by atoms with Gasteiger partial charge in [-0.05, 0) is 49.4 Å². The second kappa shape index (κ2) is 7.85. The molecule has 19 heavy (non-hydrogen) atoms. The van der Waals surface area contributed by atoms with Gasteiger partial charge in [-0.2, -0.15) is 11.8 Å². The first-order valence-corrected chi connectivity index (χ1v) is 8.37. The fourth-order valence-electron chi connectivity index (χ4n) is 2.13. The summed E-state index contributed by atoms with van der Waals surface area (Å²) in [5, 5.41) is 5.25. The molecule has 0 atom stereocenters. The van der Waals surface area contributed by atoms with Crippen LogP contribution in [0.5, 0.6) is 0 Å². The predicted molar refractivity (Wildman–Crippen MR) is 83.1 cm³/mol. The monoisotopic (exact) mass is 302 g/mol. The molecule has 1 aliphatic heterocycles. The molecule has 1 fully saturated rings. The van der Waals surface area contributed by atoms with Crippen LogP contribution >= 0.6 is 24.0 Å². The van der Waals surface area contributed by atoms with Crippen LogP contribution in [0.1, 0.15) is 46.0 Å². The van der Waals surface area contributed by atoms with Crippen molar-refractivity contribution in [3.05, 3.63) is 0 Å². The van der Waals surface area contributed by atoms with Gasteiger partial charge in [0, 0.05) is 0 Å². The van der Waals surface area contributed by atoms with E-state index in [0.29, 0.717) is 12.8 Å². The first-order valence-electron chi connectivity index (χ1n) is 6.81. The van der Waals surface area contributed by atoms with Crippen LogP contribution in [-0.4, -0.2) is 28.4 Å². The van der Waals surface area contributed by atoms with E-state index in [1.54, 1.807) is 0 Å². The van der Waals surface area contributed by atoms with E-state index in [1.807, 2.05) is 18.7 Å². The zero-order valence-electron chi connectivity index (χ0n) is 11.6. The number of nitrogens with one attached hydrogen (secondary N) is 2. The SMILES string of the molecule is CCCCSCCCC1(CC)C(=O)NC(=S)NC1=O. The van der Waals surface area contributed by atoms with Crippen molar-refractivity contribution >= 4 is 40.9 Å². The lowest BCUT2D eigenvalue weighted by atomic mass is 9.78. The van der Waals surface area contributed by atoms with Gasteiger partial charge < -0.3 is 10.6 Å². The summed E-state index contributed by atoms with van der Waals surface area (Å²) in [5.41, 5.74) is -0.937. The fraction of sp³-hybridized carbons (Fsp3) is 0.769. The molecule has 2 amide bonds. The molecule has 0 bridgehead atoms. The second-order valence-corrected chi connectivity index (χ2v) is 6.38. The molecule has 2 N–H and O–H groups in total. The summed E-state index contributed by atoms with van der Waals surface area (Å²) in [6.07, 6.45) is 4.39. The number of rotatable bonds is 8. The van der Waals surface area contributed by atoms with Gasteiger partial charge in [-0.25, -0.2) is 0 Å². The Balaban J connectivity index is 2.48. The average Bonchev–Trinajstić information content (AvgIpc) is 2.36. The van der Waals surface area contributed by atoms with E-state index in [9.17, 15) is 9.59 Å². The van der Waals surface area contributed by atoms with E-state index in [1.165, 1.54) is 12.8 Å².